The number of hydrogen-bond acceptors (Lipinski definition) is 2. The molecule has 7 heavy (non-hydrogen) atoms. The summed E-state index contributed by atoms with van der Waals surface area (Å²) in [6, 6.07) is 0. The summed E-state index contributed by atoms with van der Waals surface area (Å²) in [6.07, 6.45) is 1.19. The average molecular weight is 187 g/mol. The van der Waals surface area contributed by atoms with Crippen LogP contribution in [0.25, 0.3) is 0 Å². The smallest absolute Gasteiger partial charge is 0.159 e. The highest BCUT2D eigenvalue weighted by atomic mass is 79.9. The van der Waals surface area contributed by atoms with Crippen molar-refractivity contribution in [3.63, 3.8) is 0 Å². The van der Waals surface area contributed by atoms with Crippen molar-refractivity contribution in [1.29, 1.82) is 0 Å². The molecule has 0 bridgehead atoms. The Balaban J connectivity index is 4.10. The van der Waals surface area contributed by atoms with Crippen molar-refractivity contribution >= 4 is 25.8 Å². The number of alkyl halides is 1. The van der Waals surface area contributed by atoms with Gasteiger partial charge < -0.3 is 0 Å². The molecule has 0 rings (SSSR count). The Labute approximate surface area is 52.0 Å². The van der Waals surface area contributed by atoms with Crippen molar-refractivity contribution < 1.29 is 8.42 Å². The Morgan fingerprint density at radius 1 is 1.57 bits per heavy atom. The van der Waals surface area contributed by atoms with Gasteiger partial charge in [-0.3, -0.25) is 0 Å². The molecule has 0 amide bonds. The molecule has 2 nitrogen and oxygen atoms in total. The predicted octanol–water partition coefficient (Wildman–Crippen LogP) is 0.772. The number of halogens is 1. The zero-order valence-electron chi connectivity index (χ0n) is 4.18. The molecular formula is C3H7BrO2S. The van der Waals surface area contributed by atoms with E-state index in [4.69, 9.17) is 0 Å². The molecular weight excluding hydrogens is 180 g/mol. The molecule has 4 heteroatoms. The normalized spacial score (nSPS) is 16.4. The lowest BCUT2D eigenvalue weighted by Crippen LogP contribution is -2.06. The summed E-state index contributed by atoms with van der Waals surface area (Å²) in [7, 11) is -2.82. The van der Waals surface area contributed by atoms with Crippen molar-refractivity contribution in [2.45, 2.75) is 11.1 Å². The van der Waals surface area contributed by atoms with Crippen molar-refractivity contribution in [3.05, 3.63) is 0 Å². The number of sulfone groups is 1. The zero-order chi connectivity index (χ0) is 6.08. The van der Waals surface area contributed by atoms with Gasteiger partial charge in [0.15, 0.2) is 9.84 Å². The SMILES string of the molecule is C[C@H](Br)S(C)(=O)=O. The van der Waals surface area contributed by atoms with Gasteiger partial charge >= 0.3 is 0 Å². The second-order valence-electron chi connectivity index (χ2n) is 1.37. The molecule has 44 valence electrons. The highest BCUT2D eigenvalue weighted by Crippen LogP contribution is 2.03. The molecule has 0 unspecified atom stereocenters. The van der Waals surface area contributed by atoms with Crippen LogP contribution < -0.4 is 0 Å². The second kappa shape index (κ2) is 2.13. The summed E-state index contributed by atoms with van der Waals surface area (Å²) in [6.45, 7) is 1.58. The van der Waals surface area contributed by atoms with Crippen LogP contribution in [0.4, 0.5) is 0 Å². The van der Waals surface area contributed by atoms with E-state index < -0.39 is 14.0 Å². The molecule has 0 aliphatic heterocycles. The van der Waals surface area contributed by atoms with E-state index in [9.17, 15) is 8.42 Å². The topological polar surface area (TPSA) is 34.1 Å². The molecule has 0 heterocycles. The summed E-state index contributed by atoms with van der Waals surface area (Å²) in [4.78, 5) is 0. The Bertz CT molecular complexity index is 135. The maximum absolute atomic E-state index is 10.3. The van der Waals surface area contributed by atoms with Crippen LogP contribution in [-0.4, -0.2) is 18.8 Å². The van der Waals surface area contributed by atoms with Crippen molar-refractivity contribution in [2.75, 3.05) is 6.26 Å². The molecule has 0 saturated heterocycles. The average Bonchev–Trinajstić information content (AvgIpc) is 1.31. The van der Waals surface area contributed by atoms with Crippen LogP contribution in [0.5, 0.6) is 0 Å². The standard InChI is InChI=1S/C3H7BrO2S/c1-3(4)7(2,5)6/h3H,1-2H3/t3-/m1/s1. The molecule has 0 N–H and O–H groups in total. The molecule has 0 aromatic heterocycles. The summed E-state index contributed by atoms with van der Waals surface area (Å²) in [5.41, 5.74) is 0. The molecule has 0 aliphatic rings. The van der Waals surface area contributed by atoms with E-state index in [1.165, 1.54) is 6.26 Å². The van der Waals surface area contributed by atoms with E-state index in [1.807, 2.05) is 0 Å². The van der Waals surface area contributed by atoms with Gasteiger partial charge in [-0.05, 0) is 6.92 Å². The maximum Gasteiger partial charge on any atom is 0.159 e. The third-order valence-electron chi connectivity index (χ3n) is 0.590. The fourth-order valence-corrected chi connectivity index (χ4v) is 0. The van der Waals surface area contributed by atoms with Gasteiger partial charge in [0.05, 0.1) is 0 Å². The van der Waals surface area contributed by atoms with Crippen LogP contribution in [0.15, 0.2) is 0 Å². The lowest BCUT2D eigenvalue weighted by molar-refractivity contribution is 0.601. The number of rotatable bonds is 1. The molecule has 0 aliphatic carbocycles. The Kier molecular flexibility index (Phi) is 2.26. The van der Waals surface area contributed by atoms with Crippen LogP contribution in [0.2, 0.25) is 0 Å². The van der Waals surface area contributed by atoms with Gasteiger partial charge in [-0.1, -0.05) is 15.9 Å². The van der Waals surface area contributed by atoms with Crippen molar-refractivity contribution in [3.8, 4) is 0 Å². The monoisotopic (exact) mass is 186 g/mol. The summed E-state index contributed by atoms with van der Waals surface area (Å²) < 4.78 is 20.2. The first-order valence-corrected chi connectivity index (χ1v) is 4.64. The minimum absolute atomic E-state index is 0.417. The van der Waals surface area contributed by atoms with Crippen molar-refractivity contribution in [2.24, 2.45) is 0 Å². The first-order valence-electron chi connectivity index (χ1n) is 1.77. The predicted molar refractivity (Wildman–Crippen MR) is 33.2 cm³/mol. The minimum Gasteiger partial charge on any atom is -0.228 e. The molecule has 0 radical (unpaired) electrons. The van der Waals surface area contributed by atoms with Crippen LogP contribution in [0, 0.1) is 0 Å². The molecule has 0 saturated carbocycles. The molecule has 1 atom stereocenters. The maximum atomic E-state index is 10.3. The van der Waals surface area contributed by atoms with Crippen molar-refractivity contribution in [1.82, 2.24) is 0 Å². The first-order chi connectivity index (χ1) is 2.94. The fraction of sp³-hybridized carbons (Fsp3) is 1.00. The third-order valence-corrected chi connectivity index (χ3v) is 3.81. The van der Waals surface area contributed by atoms with E-state index >= 15 is 0 Å². The summed E-state index contributed by atoms with van der Waals surface area (Å²) >= 11 is 2.91. The molecule has 0 spiro atoms. The van der Waals surface area contributed by atoms with Crippen LogP contribution in [0.3, 0.4) is 0 Å². The fourth-order valence-electron chi connectivity index (χ4n) is 0. The van der Waals surface area contributed by atoms with Gasteiger partial charge in [-0.15, -0.1) is 0 Å². The number of hydrogen-bond donors (Lipinski definition) is 0. The van der Waals surface area contributed by atoms with E-state index in [0.29, 0.717) is 0 Å². The molecule has 0 fully saturated rings. The lowest BCUT2D eigenvalue weighted by Gasteiger charge is -1.94. The van der Waals surface area contributed by atoms with Crippen LogP contribution in [-0.2, 0) is 9.84 Å². The minimum atomic E-state index is -2.82. The van der Waals surface area contributed by atoms with E-state index in [2.05, 4.69) is 15.9 Å². The second-order valence-corrected chi connectivity index (χ2v) is 5.72. The van der Waals surface area contributed by atoms with Gasteiger partial charge in [0, 0.05) is 6.26 Å². The van der Waals surface area contributed by atoms with Gasteiger partial charge in [0.2, 0.25) is 0 Å². The Hall–Kier alpha value is 0.430. The largest absolute Gasteiger partial charge is 0.228 e. The first kappa shape index (κ1) is 7.43. The van der Waals surface area contributed by atoms with E-state index in [1.54, 1.807) is 6.92 Å². The quantitative estimate of drug-likeness (QED) is 0.568. The van der Waals surface area contributed by atoms with Gasteiger partial charge in [0.1, 0.15) is 4.16 Å². The molecule has 0 aromatic carbocycles. The van der Waals surface area contributed by atoms with Crippen LogP contribution in [0.1, 0.15) is 6.92 Å². The molecule has 0 aromatic rings. The zero-order valence-corrected chi connectivity index (χ0v) is 6.58. The van der Waals surface area contributed by atoms with E-state index in [-0.39, 0.29) is 0 Å². The summed E-state index contributed by atoms with van der Waals surface area (Å²) in [5.74, 6) is 0. The highest BCUT2D eigenvalue weighted by Gasteiger charge is 2.07. The Morgan fingerprint density at radius 3 is 1.71 bits per heavy atom. The lowest BCUT2D eigenvalue weighted by atomic mass is 11.0. The highest BCUT2D eigenvalue weighted by molar-refractivity contribution is 9.11. The van der Waals surface area contributed by atoms with E-state index in [0.717, 1.165) is 0 Å². The van der Waals surface area contributed by atoms with Gasteiger partial charge in [0.25, 0.3) is 0 Å². The Morgan fingerprint density at radius 2 is 1.71 bits per heavy atom. The third kappa shape index (κ3) is 3.05. The van der Waals surface area contributed by atoms with Gasteiger partial charge in [-0.2, -0.15) is 0 Å². The van der Waals surface area contributed by atoms with Crippen LogP contribution >= 0.6 is 15.9 Å². The summed E-state index contributed by atoms with van der Waals surface area (Å²) in [5, 5.41) is 0. The van der Waals surface area contributed by atoms with Gasteiger partial charge in [-0.25, -0.2) is 8.42 Å².